The van der Waals surface area contributed by atoms with Crippen LogP contribution in [0, 0.1) is 0 Å². The van der Waals surface area contributed by atoms with Gasteiger partial charge in [-0.2, -0.15) is 0 Å². The van der Waals surface area contributed by atoms with Gasteiger partial charge in [-0.05, 0) is 53.6 Å². The molecule has 0 fully saturated rings. The summed E-state index contributed by atoms with van der Waals surface area (Å²) in [5.41, 5.74) is 4.32. The van der Waals surface area contributed by atoms with Crippen LogP contribution in [0.2, 0.25) is 0 Å². The van der Waals surface area contributed by atoms with Gasteiger partial charge in [0.05, 0.1) is 6.04 Å². The molecule has 2 amide bonds. The van der Waals surface area contributed by atoms with Crippen LogP contribution in [0.1, 0.15) is 29.0 Å². The highest BCUT2D eigenvalue weighted by molar-refractivity contribution is 7.10. The van der Waals surface area contributed by atoms with E-state index in [0.29, 0.717) is 12.2 Å². The molecule has 1 aromatic heterocycles. The van der Waals surface area contributed by atoms with E-state index in [1.165, 1.54) is 21.7 Å². The molecule has 30 heavy (non-hydrogen) atoms. The summed E-state index contributed by atoms with van der Waals surface area (Å²) in [5.74, 6) is -1.27. The second-order valence-electron chi connectivity index (χ2n) is 7.32. The van der Waals surface area contributed by atoms with Crippen molar-refractivity contribution in [3.8, 4) is 0 Å². The number of carbonyl (C=O) groups excluding carboxylic acids is 2. The van der Waals surface area contributed by atoms with Crippen molar-refractivity contribution in [3.05, 3.63) is 82.0 Å². The van der Waals surface area contributed by atoms with E-state index in [4.69, 9.17) is 0 Å². The molecule has 2 N–H and O–H groups in total. The molecule has 0 radical (unpaired) electrons. The predicted molar refractivity (Wildman–Crippen MR) is 122 cm³/mol. The van der Waals surface area contributed by atoms with Crippen LogP contribution in [0.15, 0.2) is 66.0 Å². The Bertz CT molecular complexity index is 1020. The van der Waals surface area contributed by atoms with Gasteiger partial charge in [0, 0.05) is 29.3 Å². The minimum absolute atomic E-state index is 0.00534. The number of para-hydroxylation sites is 1. The highest BCUT2D eigenvalue weighted by Gasteiger charge is 2.28. The summed E-state index contributed by atoms with van der Waals surface area (Å²) in [5, 5.41) is 7.55. The molecular formula is C24H25N3O2S. The highest BCUT2D eigenvalue weighted by atomic mass is 32.1. The number of hydrogen-bond acceptors (Lipinski definition) is 4. The number of anilines is 2. The van der Waals surface area contributed by atoms with E-state index in [9.17, 15) is 9.59 Å². The molecule has 0 unspecified atom stereocenters. The minimum Gasteiger partial charge on any atom is -0.361 e. The zero-order valence-corrected chi connectivity index (χ0v) is 17.7. The lowest BCUT2D eigenvalue weighted by Gasteiger charge is -2.30. The average molecular weight is 420 g/mol. The molecule has 0 saturated carbocycles. The number of nitrogens with zero attached hydrogens (tertiary/aromatic N) is 1. The molecule has 0 saturated heterocycles. The largest absolute Gasteiger partial charge is 0.361 e. The molecule has 1 aliphatic heterocycles. The van der Waals surface area contributed by atoms with E-state index in [-0.39, 0.29) is 6.04 Å². The number of amides is 2. The Kier molecular flexibility index (Phi) is 6.14. The van der Waals surface area contributed by atoms with Gasteiger partial charge in [-0.3, -0.25) is 9.59 Å². The summed E-state index contributed by atoms with van der Waals surface area (Å²) in [6, 6.07) is 20.0. The van der Waals surface area contributed by atoms with E-state index in [2.05, 4.69) is 46.7 Å². The molecule has 3 aromatic rings. The number of benzene rings is 2. The quantitative estimate of drug-likeness (QED) is 0.590. The summed E-state index contributed by atoms with van der Waals surface area (Å²) >= 11 is 1.67. The molecule has 5 nitrogen and oxygen atoms in total. The van der Waals surface area contributed by atoms with Crippen molar-refractivity contribution in [2.45, 2.75) is 25.8 Å². The molecule has 0 spiro atoms. The van der Waals surface area contributed by atoms with E-state index in [1.54, 1.807) is 11.3 Å². The zero-order valence-electron chi connectivity index (χ0n) is 16.9. The summed E-state index contributed by atoms with van der Waals surface area (Å²) in [6.45, 7) is 3.34. The second-order valence-corrected chi connectivity index (χ2v) is 8.30. The summed E-state index contributed by atoms with van der Waals surface area (Å²) < 4.78 is 0. The first-order valence-electron chi connectivity index (χ1n) is 10.2. The van der Waals surface area contributed by atoms with Gasteiger partial charge in [-0.25, -0.2) is 0 Å². The van der Waals surface area contributed by atoms with Gasteiger partial charge in [0.2, 0.25) is 0 Å². The molecular weight excluding hydrogens is 394 g/mol. The number of thiophene rings is 1. The number of nitrogens with one attached hydrogen (secondary N) is 2. The Morgan fingerprint density at radius 1 is 1.03 bits per heavy atom. The van der Waals surface area contributed by atoms with Crippen molar-refractivity contribution in [2.75, 3.05) is 23.3 Å². The van der Waals surface area contributed by atoms with Crippen molar-refractivity contribution in [1.82, 2.24) is 5.32 Å². The van der Waals surface area contributed by atoms with Crippen molar-refractivity contribution in [2.24, 2.45) is 0 Å². The van der Waals surface area contributed by atoms with Crippen molar-refractivity contribution >= 4 is 34.5 Å². The Labute approximate surface area is 180 Å². The normalized spacial score (nSPS) is 13.6. The van der Waals surface area contributed by atoms with Crippen LogP contribution in [0.3, 0.4) is 0 Å². The topological polar surface area (TPSA) is 61.4 Å². The first-order valence-corrected chi connectivity index (χ1v) is 11.1. The van der Waals surface area contributed by atoms with Gasteiger partial charge in [0.15, 0.2) is 0 Å². The van der Waals surface area contributed by atoms with E-state index >= 15 is 0 Å². The number of aryl methyl sites for hydroxylation is 1. The van der Waals surface area contributed by atoms with Crippen LogP contribution in [0.4, 0.5) is 11.4 Å². The molecule has 0 bridgehead atoms. The third-order valence-electron chi connectivity index (χ3n) is 5.45. The lowest BCUT2D eigenvalue weighted by Crippen LogP contribution is -2.41. The molecule has 4 rings (SSSR count). The lowest BCUT2D eigenvalue weighted by atomic mass is 10.1. The SMILES string of the molecule is CCc1ccc(NC(=O)C(=O)NC[C@@H](c2cccs2)N2CCc3ccccc32)cc1. The van der Waals surface area contributed by atoms with Gasteiger partial charge in [0.25, 0.3) is 0 Å². The van der Waals surface area contributed by atoms with Crippen LogP contribution in [0.25, 0.3) is 0 Å². The molecule has 2 heterocycles. The number of fused-ring (bicyclic) bond motifs is 1. The average Bonchev–Trinajstić information content (AvgIpc) is 3.45. The molecule has 154 valence electrons. The third-order valence-corrected chi connectivity index (χ3v) is 6.43. The van der Waals surface area contributed by atoms with Crippen LogP contribution in [-0.4, -0.2) is 24.9 Å². The molecule has 1 atom stereocenters. The third kappa shape index (κ3) is 4.39. The van der Waals surface area contributed by atoms with Crippen molar-refractivity contribution in [3.63, 3.8) is 0 Å². The smallest absolute Gasteiger partial charge is 0.313 e. The van der Waals surface area contributed by atoms with Crippen molar-refractivity contribution in [1.29, 1.82) is 0 Å². The molecule has 2 aromatic carbocycles. The minimum atomic E-state index is -0.647. The maximum Gasteiger partial charge on any atom is 0.313 e. The lowest BCUT2D eigenvalue weighted by molar-refractivity contribution is -0.136. The maximum atomic E-state index is 12.5. The fourth-order valence-electron chi connectivity index (χ4n) is 3.81. The molecule has 1 aliphatic rings. The Hall–Kier alpha value is -3.12. The molecule has 6 heteroatoms. The van der Waals surface area contributed by atoms with Gasteiger partial charge >= 0.3 is 11.8 Å². The number of rotatable bonds is 6. The van der Waals surface area contributed by atoms with Gasteiger partial charge in [-0.1, -0.05) is 43.3 Å². The van der Waals surface area contributed by atoms with Gasteiger partial charge in [0.1, 0.15) is 0 Å². The fourth-order valence-corrected chi connectivity index (χ4v) is 4.65. The Morgan fingerprint density at radius 2 is 1.83 bits per heavy atom. The Balaban J connectivity index is 1.42. The Morgan fingerprint density at radius 3 is 2.57 bits per heavy atom. The monoisotopic (exact) mass is 419 g/mol. The van der Waals surface area contributed by atoms with Gasteiger partial charge in [-0.15, -0.1) is 11.3 Å². The second kappa shape index (κ2) is 9.13. The van der Waals surface area contributed by atoms with Crippen LogP contribution >= 0.6 is 11.3 Å². The number of carbonyl (C=O) groups is 2. The fraction of sp³-hybridized carbons (Fsp3) is 0.250. The standard InChI is InChI=1S/C24H25N3O2S/c1-2-17-9-11-19(12-10-17)26-24(29)23(28)25-16-21(22-8-5-15-30-22)27-14-13-18-6-3-4-7-20(18)27/h3-12,15,21H,2,13-14,16H2,1H3,(H,25,28)(H,26,29)/t21-/m0/s1. The van der Waals surface area contributed by atoms with Crippen LogP contribution in [0.5, 0.6) is 0 Å². The first kappa shape index (κ1) is 20.2. The summed E-state index contributed by atoms with van der Waals surface area (Å²) in [4.78, 5) is 28.3. The van der Waals surface area contributed by atoms with Crippen molar-refractivity contribution < 1.29 is 9.59 Å². The van der Waals surface area contributed by atoms with E-state index in [0.717, 1.165) is 19.4 Å². The van der Waals surface area contributed by atoms with Crippen LogP contribution in [-0.2, 0) is 22.4 Å². The van der Waals surface area contributed by atoms with Gasteiger partial charge < -0.3 is 15.5 Å². The summed E-state index contributed by atoms with van der Waals surface area (Å²) in [7, 11) is 0. The van der Waals surface area contributed by atoms with Crippen LogP contribution < -0.4 is 15.5 Å². The van der Waals surface area contributed by atoms with E-state index in [1.807, 2.05) is 41.8 Å². The zero-order chi connectivity index (χ0) is 20.9. The first-order chi connectivity index (χ1) is 14.7. The summed E-state index contributed by atoms with van der Waals surface area (Å²) in [6.07, 6.45) is 1.92. The predicted octanol–water partition coefficient (Wildman–Crippen LogP) is 4.17. The molecule has 0 aliphatic carbocycles. The highest BCUT2D eigenvalue weighted by Crippen LogP contribution is 2.36. The van der Waals surface area contributed by atoms with E-state index < -0.39 is 11.8 Å². The number of hydrogen-bond donors (Lipinski definition) is 2. The maximum absolute atomic E-state index is 12.5.